The van der Waals surface area contributed by atoms with Gasteiger partial charge in [0, 0.05) is 39.1 Å². The van der Waals surface area contributed by atoms with Crippen LogP contribution in [-0.4, -0.2) is 46.8 Å². The number of likely N-dealkylation sites (N-methyl/N-ethyl adjacent to an activating group) is 1. The molecule has 110 valence electrons. The van der Waals surface area contributed by atoms with Crippen molar-refractivity contribution in [2.45, 2.75) is 19.3 Å². The molecule has 0 unspecified atom stereocenters. The number of anilines is 2. The number of pyridine rings is 1. The minimum Gasteiger partial charge on any atom is -0.358 e. The number of hydrogen-bond acceptors (Lipinski definition) is 6. The predicted octanol–water partition coefficient (Wildman–Crippen LogP) is 1.55. The van der Waals surface area contributed by atoms with Crippen LogP contribution in [0.15, 0.2) is 30.7 Å². The van der Waals surface area contributed by atoms with E-state index in [0.717, 1.165) is 37.8 Å². The molecule has 6 nitrogen and oxygen atoms in total. The molecule has 0 aromatic carbocycles. The lowest BCUT2D eigenvalue weighted by molar-refractivity contribution is 0.809. The fraction of sp³-hybridized carbons (Fsp3) is 0.467. The lowest BCUT2D eigenvalue weighted by atomic mass is 10.2. The van der Waals surface area contributed by atoms with Crippen molar-refractivity contribution in [3.63, 3.8) is 0 Å². The number of aromatic nitrogens is 4. The summed E-state index contributed by atoms with van der Waals surface area (Å²) in [5.74, 6) is 1.63. The van der Waals surface area contributed by atoms with Crippen LogP contribution in [0, 0.1) is 0 Å². The van der Waals surface area contributed by atoms with Gasteiger partial charge in [0.15, 0.2) is 5.82 Å². The minimum absolute atomic E-state index is 0.751. The largest absolute Gasteiger partial charge is 0.358 e. The van der Waals surface area contributed by atoms with Crippen molar-refractivity contribution in [2.24, 2.45) is 0 Å². The molecule has 0 saturated carbocycles. The highest BCUT2D eigenvalue weighted by molar-refractivity contribution is 5.41. The van der Waals surface area contributed by atoms with Gasteiger partial charge in [0.2, 0.25) is 5.95 Å². The van der Waals surface area contributed by atoms with Gasteiger partial charge in [0.25, 0.3) is 0 Å². The number of hydrogen-bond donors (Lipinski definition) is 0. The Morgan fingerprint density at radius 1 is 1.19 bits per heavy atom. The molecule has 0 amide bonds. The van der Waals surface area contributed by atoms with Gasteiger partial charge in [0.05, 0.1) is 6.20 Å². The fourth-order valence-corrected chi connectivity index (χ4v) is 2.48. The van der Waals surface area contributed by atoms with E-state index in [9.17, 15) is 0 Å². The Kier molecular flexibility index (Phi) is 4.23. The molecule has 21 heavy (non-hydrogen) atoms. The number of rotatable bonds is 5. The van der Waals surface area contributed by atoms with Gasteiger partial charge < -0.3 is 9.80 Å². The van der Waals surface area contributed by atoms with Gasteiger partial charge in [0.1, 0.15) is 0 Å². The van der Waals surface area contributed by atoms with Crippen LogP contribution < -0.4 is 9.80 Å². The molecule has 2 aromatic heterocycles. The molecule has 0 N–H and O–H groups in total. The average Bonchev–Trinajstić information content (AvgIpc) is 3.08. The standard InChI is InChI=1S/C15H20N6/c1-20(11-6-13-4-7-16-8-5-13)14-12-17-19-15(18-14)21-9-2-3-10-21/h4-5,7-8,12H,2-3,6,9-11H2,1H3. The SMILES string of the molecule is CN(CCc1ccncc1)c1cnnc(N2CCCC2)n1. The van der Waals surface area contributed by atoms with E-state index >= 15 is 0 Å². The van der Waals surface area contributed by atoms with Crippen LogP contribution in [0.4, 0.5) is 11.8 Å². The second-order valence-electron chi connectivity index (χ2n) is 5.34. The Morgan fingerprint density at radius 3 is 2.71 bits per heavy atom. The van der Waals surface area contributed by atoms with Gasteiger partial charge in [-0.05, 0) is 37.0 Å². The summed E-state index contributed by atoms with van der Waals surface area (Å²) in [6.45, 7) is 2.96. The van der Waals surface area contributed by atoms with Crippen LogP contribution in [0.3, 0.4) is 0 Å². The molecular weight excluding hydrogens is 264 g/mol. The van der Waals surface area contributed by atoms with E-state index in [1.807, 2.05) is 31.6 Å². The Bertz CT molecular complexity index is 567. The summed E-state index contributed by atoms with van der Waals surface area (Å²) >= 11 is 0. The van der Waals surface area contributed by atoms with Crippen LogP contribution in [0.25, 0.3) is 0 Å². The molecule has 1 fully saturated rings. The van der Waals surface area contributed by atoms with Gasteiger partial charge in [-0.1, -0.05) is 0 Å². The third kappa shape index (κ3) is 3.45. The highest BCUT2D eigenvalue weighted by Gasteiger charge is 2.16. The molecule has 0 atom stereocenters. The third-order valence-electron chi connectivity index (χ3n) is 3.80. The Hall–Kier alpha value is -2.24. The van der Waals surface area contributed by atoms with E-state index in [1.54, 1.807) is 6.20 Å². The minimum atomic E-state index is 0.751. The van der Waals surface area contributed by atoms with Gasteiger partial charge in [-0.25, -0.2) is 0 Å². The molecular formula is C15H20N6. The molecule has 3 heterocycles. The van der Waals surface area contributed by atoms with Crippen molar-refractivity contribution in [2.75, 3.05) is 36.5 Å². The van der Waals surface area contributed by atoms with Crippen molar-refractivity contribution in [3.05, 3.63) is 36.3 Å². The van der Waals surface area contributed by atoms with E-state index < -0.39 is 0 Å². The molecule has 1 aliphatic rings. The normalized spacial score (nSPS) is 14.4. The first-order valence-electron chi connectivity index (χ1n) is 7.37. The van der Waals surface area contributed by atoms with Gasteiger partial charge in [-0.3, -0.25) is 4.98 Å². The fourth-order valence-electron chi connectivity index (χ4n) is 2.48. The second-order valence-corrected chi connectivity index (χ2v) is 5.34. The smallest absolute Gasteiger partial charge is 0.247 e. The van der Waals surface area contributed by atoms with Crippen LogP contribution in [0.2, 0.25) is 0 Å². The Balaban J connectivity index is 1.64. The van der Waals surface area contributed by atoms with Gasteiger partial charge in [-0.15, -0.1) is 5.10 Å². The van der Waals surface area contributed by atoms with E-state index in [2.05, 4.69) is 30.0 Å². The summed E-state index contributed by atoms with van der Waals surface area (Å²) in [6.07, 6.45) is 8.77. The van der Waals surface area contributed by atoms with Crippen LogP contribution in [0.5, 0.6) is 0 Å². The predicted molar refractivity (Wildman–Crippen MR) is 82.5 cm³/mol. The third-order valence-corrected chi connectivity index (χ3v) is 3.80. The first kappa shape index (κ1) is 13.7. The van der Waals surface area contributed by atoms with Crippen molar-refractivity contribution in [1.29, 1.82) is 0 Å². The van der Waals surface area contributed by atoms with Gasteiger partial charge in [-0.2, -0.15) is 10.1 Å². The van der Waals surface area contributed by atoms with Crippen molar-refractivity contribution >= 4 is 11.8 Å². The average molecular weight is 284 g/mol. The molecule has 0 spiro atoms. The molecule has 0 bridgehead atoms. The summed E-state index contributed by atoms with van der Waals surface area (Å²) in [4.78, 5) is 13.0. The van der Waals surface area contributed by atoms with Gasteiger partial charge >= 0.3 is 0 Å². The topological polar surface area (TPSA) is 58.0 Å². The molecule has 2 aromatic rings. The van der Waals surface area contributed by atoms with Crippen molar-refractivity contribution in [1.82, 2.24) is 20.2 Å². The monoisotopic (exact) mass is 284 g/mol. The van der Waals surface area contributed by atoms with E-state index in [0.29, 0.717) is 0 Å². The maximum atomic E-state index is 4.63. The quantitative estimate of drug-likeness (QED) is 0.830. The summed E-state index contributed by atoms with van der Waals surface area (Å²) in [5.41, 5.74) is 1.28. The highest BCUT2D eigenvalue weighted by Crippen LogP contribution is 2.17. The van der Waals surface area contributed by atoms with Crippen LogP contribution in [0.1, 0.15) is 18.4 Å². The molecule has 6 heteroatoms. The molecule has 3 rings (SSSR count). The maximum Gasteiger partial charge on any atom is 0.247 e. The molecule has 0 radical (unpaired) electrons. The summed E-state index contributed by atoms with van der Waals surface area (Å²) < 4.78 is 0. The summed E-state index contributed by atoms with van der Waals surface area (Å²) in [5, 5.41) is 8.25. The Morgan fingerprint density at radius 2 is 1.95 bits per heavy atom. The van der Waals surface area contributed by atoms with E-state index in [1.165, 1.54) is 18.4 Å². The maximum absolute atomic E-state index is 4.63. The lowest BCUT2D eigenvalue weighted by Crippen LogP contribution is -2.25. The first-order valence-corrected chi connectivity index (χ1v) is 7.37. The van der Waals surface area contributed by atoms with Crippen LogP contribution in [-0.2, 0) is 6.42 Å². The highest BCUT2D eigenvalue weighted by atomic mass is 15.3. The zero-order valence-corrected chi connectivity index (χ0v) is 12.3. The zero-order valence-electron chi connectivity index (χ0n) is 12.3. The lowest BCUT2D eigenvalue weighted by Gasteiger charge is -2.20. The van der Waals surface area contributed by atoms with Crippen LogP contribution >= 0.6 is 0 Å². The zero-order chi connectivity index (χ0) is 14.5. The summed E-state index contributed by atoms with van der Waals surface area (Å²) in [7, 11) is 2.04. The summed E-state index contributed by atoms with van der Waals surface area (Å²) in [6, 6.07) is 4.09. The first-order chi connectivity index (χ1) is 10.3. The van der Waals surface area contributed by atoms with E-state index in [4.69, 9.17) is 0 Å². The number of nitrogens with zero attached hydrogens (tertiary/aromatic N) is 6. The molecule has 1 aliphatic heterocycles. The van der Waals surface area contributed by atoms with Crippen molar-refractivity contribution in [3.8, 4) is 0 Å². The Labute approximate surface area is 124 Å². The van der Waals surface area contributed by atoms with Crippen molar-refractivity contribution < 1.29 is 0 Å². The second kappa shape index (κ2) is 6.47. The molecule has 0 aliphatic carbocycles. The molecule has 1 saturated heterocycles. The van der Waals surface area contributed by atoms with E-state index in [-0.39, 0.29) is 0 Å².